The summed E-state index contributed by atoms with van der Waals surface area (Å²) >= 11 is 0. The number of ether oxygens (including phenoxy) is 2. The van der Waals surface area contributed by atoms with Crippen LogP contribution in [0.25, 0.3) is 0 Å². The van der Waals surface area contributed by atoms with Crippen LogP contribution in [0, 0.1) is 0 Å². The van der Waals surface area contributed by atoms with E-state index in [0.29, 0.717) is 18.4 Å². The average Bonchev–Trinajstić information content (AvgIpc) is 2.44. The van der Waals surface area contributed by atoms with Crippen molar-refractivity contribution in [3.05, 3.63) is 23.3 Å². The van der Waals surface area contributed by atoms with Crippen molar-refractivity contribution in [1.82, 2.24) is 5.32 Å². The maximum absolute atomic E-state index is 11.9. The van der Waals surface area contributed by atoms with Crippen molar-refractivity contribution in [1.29, 1.82) is 0 Å². The molecule has 0 unspecified atom stereocenters. The molecule has 2 amide bonds. The van der Waals surface area contributed by atoms with Gasteiger partial charge in [0.15, 0.2) is 0 Å². The minimum absolute atomic E-state index is 0.286. The summed E-state index contributed by atoms with van der Waals surface area (Å²) in [6, 6.07) is -0.843. The zero-order valence-corrected chi connectivity index (χ0v) is 14.0. The van der Waals surface area contributed by atoms with E-state index in [-0.39, 0.29) is 6.42 Å². The Kier molecular flexibility index (Phi) is 6.36. The van der Waals surface area contributed by atoms with Crippen LogP contribution in [0.3, 0.4) is 0 Å². The number of nitrogens with one attached hydrogen (secondary N) is 1. The van der Waals surface area contributed by atoms with Crippen LogP contribution in [0.15, 0.2) is 23.3 Å². The smallest absolute Gasteiger partial charge is 0.408 e. The molecule has 0 aliphatic heterocycles. The molecule has 0 aromatic rings. The Labute approximate surface area is 135 Å². The quantitative estimate of drug-likeness (QED) is 0.746. The predicted molar refractivity (Wildman–Crippen MR) is 84.4 cm³/mol. The number of hydrogen-bond acceptors (Lipinski definition) is 5. The minimum atomic E-state index is -0.843. The van der Waals surface area contributed by atoms with Crippen molar-refractivity contribution in [3.8, 4) is 0 Å². The third-order valence-electron chi connectivity index (χ3n) is 3.20. The molecule has 0 bridgehead atoms. The van der Waals surface area contributed by atoms with Gasteiger partial charge >= 0.3 is 12.1 Å². The van der Waals surface area contributed by atoms with E-state index in [0.717, 1.165) is 5.57 Å². The number of hydrogen-bond donors (Lipinski definition) is 2. The topological polar surface area (TPSA) is 108 Å². The fourth-order valence-corrected chi connectivity index (χ4v) is 2.10. The van der Waals surface area contributed by atoms with Crippen molar-refractivity contribution in [3.63, 3.8) is 0 Å². The standard InChI is InChI=1S/C16H24N2O5/c1-16(2,3)23-15(21)18-12(14(20)22-4)9-10-5-7-11(8-6-10)13(17)19/h5,7,12H,6,8-9H2,1-4H3,(H2,17,19)(H,18,21)/t12-/m0/s1. The first-order chi connectivity index (χ1) is 10.6. The van der Waals surface area contributed by atoms with Crippen LogP contribution in [0.2, 0.25) is 0 Å². The molecule has 1 aliphatic carbocycles. The molecule has 3 N–H and O–H groups in total. The number of carbonyl (C=O) groups is 3. The van der Waals surface area contributed by atoms with E-state index < -0.39 is 29.6 Å². The molecule has 1 aliphatic rings. The van der Waals surface area contributed by atoms with E-state index in [2.05, 4.69) is 5.32 Å². The van der Waals surface area contributed by atoms with Gasteiger partial charge in [-0.15, -0.1) is 0 Å². The Hall–Kier alpha value is -2.31. The number of nitrogens with two attached hydrogens (primary N) is 1. The first-order valence-corrected chi connectivity index (χ1v) is 7.38. The summed E-state index contributed by atoms with van der Waals surface area (Å²) in [5.74, 6) is -1.00. The SMILES string of the molecule is COC(=O)[C@H](CC1=CC=C(C(N)=O)CC1)NC(=O)OC(C)(C)C. The first-order valence-electron chi connectivity index (χ1n) is 7.38. The molecule has 0 spiro atoms. The highest BCUT2D eigenvalue weighted by Crippen LogP contribution is 2.22. The Balaban J connectivity index is 2.75. The van der Waals surface area contributed by atoms with Crippen molar-refractivity contribution in [2.45, 2.75) is 51.7 Å². The molecule has 0 aromatic heterocycles. The molecule has 0 radical (unpaired) electrons. The summed E-state index contributed by atoms with van der Waals surface area (Å²) in [4.78, 5) is 34.8. The molecule has 1 atom stereocenters. The molecule has 1 rings (SSSR count). The molecule has 0 saturated heterocycles. The van der Waals surface area contributed by atoms with Crippen LogP contribution in [0.5, 0.6) is 0 Å². The second-order valence-corrected chi connectivity index (χ2v) is 6.31. The van der Waals surface area contributed by atoms with E-state index in [4.69, 9.17) is 15.2 Å². The van der Waals surface area contributed by atoms with Gasteiger partial charge in [-0.2, -0.15) is 0 Å². The van der Waals surface area contributed by atoms with E-state index >= 15 is 0 Å². The van der Waals surface area contributed by atoms with E-state index in [1.54, 1.807) is 32.9 Å². The summed E-state index contributed by atoms with van der Waals surface area (Å²) in [6.45, 7) is 5.21. The second kappa shape index (κ2) is 7.80. The number of primary amides is 1. The Morgan fingerprint density at radius 3 is 2.35 bits per heavy atom. The zero-order valence-electron chi connectivity index (χ0n) is 14.0. The zero-order chi connectivity index (χ0) is 17.6. The summed E-state index contributed by atoms with van der Waals surface area (Å²) in [5.41, 5.74) is 6.03. The van der Waals surface area contributed by atoms with Gasteiger partial charge in [-0.25, -0.2) is 9.59 Å². The summed E-state index contributed by atoms with van der Waals surface area (Å²) in [7, 11) is 1.26. The van der Waals surface area contributed by atoms with Crippen molar-refractivity contribution in [2.24, 2.45) is 5.73 Å². The van der Waals surface area contributed by atoms with E-state index in [9.17, 15) is 14.4 Å². The summed E-state index contributed by atoms with van der Waals surface area (Å²) < 4.78 is 9.87. The number of esters is 1. The molecule has 0 aromatic carbocycles. The Morgan fingerprint density at radius 1 is 1.26 bits per heavy atom. The van der Waals surface area contributed by atoms with Gasteiger partial charge in [-0.05, 0) is 40.0 Å². The lowest BCUT2D eigenvalue weighted by Gasteiger charge is -2.23. The molecule has 7 nitrogen and oxygen atoms in total. The van der Waals surface area contributed by atoms with Gasteiger partial charge in [0.25, 0.3) is 0 Å². The van der Waals surface area contributed by atoms with Crippen molar-refractivity contribution in [2.75, 3.05) is 7.11 Å². The molecular weight excluding hydrogens is 300 g/mol. The van der Waals surface area contributed by atoms with Gasteiger partial charge in [0.2, 0.25) is 5.91 Å². The Bertz CT molecular complexity index is 543. The third kappa shape index (κ3) is 6.54. The van der Waals surface area contributed by atoms with Crippen molar-refractivity contribution >= 4 is 18.0 Å². The number of methoxy groups -OCH3 is 1. The monoisotopic (exact) mass is 324 g/mol. The van der Waals surface area contributed by atoms with Crippen LogP contribution in [0.1, 0.15) is 40.0 Å². The molecular formula is C16H24N2O5. The highest BCUT2D eigenvalue weighted by molar-refractivity contribution is 5.92. The fourth-order valence-electron chi connectivity index (χ4n) is 2.10. The van der Waals surface area contributed by atoms with E-state index in [1.807, 2.05) is 0 Å². The van der Waals surface area contributed by atoms with E-state index in [1.165, 1.54) is 7.11 Å². The molecule has 128 valence electrons. The van der Waals surface area contributed by atoms with Crippen LogP contribution >= 0.6 is 0 Å². The van der Waals surface area contributed by atoms with Crippen LogP contribution in [-0.2, 0) is 19.1 Å². The summed E-state index contributed by atoms with van der Waals surface area (Å²) in [5, 5.41) is 2.52. The predicted octanol–water partition coefficient (Wildman–Crippen LogP) is 1.57. The lowest BCUT2D eigenvalue weighted by molar-refractivity contribution is -0.143. The number of allylic oxidation sites excluding steroid dienone is 2. The molecule has 0 heterocycles. The van der Waals surface area contributed by atoms with Gasteiger partial charge in [0.1, 0.15) is 11.6 Å². The van der Waals surface area contributed by atoms with Crippen LogP contribution in [-0.4, -0.2) is 36.7 Å². The van der Waals surface area contributed by atoms with Gasteiger partial charge in [0, 0.05) is 5.57 Å². The number of amides is 2. The Morgan fingerprint density at radius 2 is 1.91 bits per heavy atom. The maximum atomic E-state index is 11.9. The first kappa shape index (κ1) is 18.7. The highest BCUT2D eigenvalue weighted by Gasteiger charge is 2.26. The molecule has 0 saturated carbocycles. The summed E-state index contributed by atoms with van der Waals surface area (Å²) in [6.07, 6.45) is 4.10. The lowest BCUT2D eigenvalue weighted by Crippen LogP contribution is -2.44. The van der Waals surface area contributed by atoms with Gasteiger partial charge in [0.05, 0.1) is 7.11 Å². The van der Waals surface area contributed by atoms with Crippen molar-refractivity contribution < 1.29 is 23.9 Å². The lowest BCUT2D eigenvalue weighted by atomic mass is 9.93. The minimum Gasteiger partial charge on any atom is -0.467 e. The third-order valence-corrected chi connectivity index (χ3v) is 3.20. The number of alkyl carbamates (subject to hydrolysis) is 1. The van der Waals surface area contributed by atoms with Gasteiger partial charge in [-0.3, -0.25) is 4.79 Å². The normalized spacial score (nSPS) is 15.8. The van der Waals surface area contributed by atoms with Gasteiger partial charge < -0.3 is 20.5 Å². The number of carbonyl (C=O) groups excluding carboxylic acids is 3. The fraction of sp³-hybridized carbons (Fsp3) is 0.562. The largest absolute Gasteiger partial charge is 0.467 e. The molecule has 23 heavy (non-hydrogen) atoms. The molecule has 0 fully saturated rings. The average molecular weight is 324 g/mol. The number of rotatable bonds is 5. The second-order valence-electron chi connectivity index (χ2n) is 6.31. The molecule has 7 heteroatoms. The van der Waals surface area contributed by atoms with Gasteiger partial charge in [-0.1, -0.05) is 17.7 Å². The van der Waals surface area contributed by atoms with Crippen LogP contribution in [0.4, 0.5) is 4.79 Å². The maximum Gasteiger partial charge on any atom is 0.408 e. The van der Waals surface area contributed by atoms with Crippen LogP contribution < -0.4 is 11.1 Å². The highest BCUT2D eigenvalue weighted by atomic mass is 16.6.